The molecule has 0 saturated carbocycles. The Morgan fingerprint density at radius 2 is 2.03 bits per heavy atom. The monoisotopic (exact) mass is 506 g/mol. The van der Waals surface area contributed by atoms with Crippen LogP contribution in [0.3, 0.4) is 0 Å². The first kappa shape index (κ1) is 23.6. The number of carbonyl (C=O) groups excluding carboxylic acids is 3. The predicted molar refractivity (Wildman–Crippen MR) is 144 cm³/mol. The van der Waals surface area contributed by atoms with Crippen molar-refractivity contribution in [3.05, 3.63) is 90.0 Å². The molecule has 9 nitrogen and oxygen atoms in total. The first-order chi connectivity index (χ1) is 18.4. The topological polar surface area (TPSA) is 123 Å². The number of amides is 2. The van der Waals surface area contributed by atoms with Gasteiger partial charge < -0.3 is 16.0 Å². The third kappa shape index (κ3) is 3.92. The molecule has 1 aliphatic heterocycles. The van der Waals surface area contributed by atoms with Crippen molar-refractivity contribution in [2.45, 2.75) is 31.7 Å². The van der Waals surface area contributed by atoms with E-state index in [9.17, 15) is 14.4 Å². The van der Waals surface area contributed by atoms with Crippen LogP contribution in [-0.2, 0) is 11.2 Å². The van der Waals surface area contributed by atoms with E-state index in [4.69, 9.17) is 10.7 Å². The van der Waals surface area contributed by atoms with Gasteiger partial charge in [-0.1, -0.05) is 24.8 Å². The summed E-state index contributed by atoms with van der Waals surface area (Å²) in [5, 5.41) is 2.90. The molecule has 38 heavy (non-hydrogen) atoms. The number of benzene rings is 2. The fraction of sp³-hybridized carbons (Fsp3) is 0.207. The lowest BCUT2D eigenvalue weighted by molar-refractivity contribution is -0.127. The van der Waals surface area contributed by atoms with Crippen molar-refractivity contribution in [1.29, 1.82) is 0 Å². The molecule has 0 spiro atoms. The van der Waals surface area contributed by atoms with E-state index >= 15 is 0 Å². The van der Waals surface area contributed by atoms with Gasteiger partial charge in [0.25, 0.3) is 5.91 Å². The molecule has 4 aromatic rings. The summed E-state index contributed by atoms with van der Waals surface area (Å²) in [7, 11) is 0. The molecule has 6 rings (SSSR count). The number of fused-ring (bicyclic) bond motifs is 2. The van der Waals surface area contributed by atoms with Gasteiger partial charge in [-0.05, 0) is 55.2 Å². The van der Waals surface area contributed by atoms with Crippen LogP contribution in [-0.4, -0.2) is 43.4 Å². The fourth-order valence-electron chi connectivity index (χ4n) is 5.47. The Bertz CT molecular complexity index is 1640. The molecule has 3 heterocycles. The van der Waals surface area contributed by atoms with Crippen LogP contribution in [0.25, 0.3) is 16.8 Å². The molecular weight excluding hydrogens is 480 g/mol. The zero-order chi connectivity index (χ0) is 26.4. The lowest BCUT2D eigenvalue weighted by Crippen LogP contribution is -2.29. The minimum absolute atomic E-state index is 0.0994. The predicted octanol–water partition coefficient (Wildman–Crippen LogP) is 4.21. The summed E-state index contributed by atoms with van der Waals surface area (Å²) in [6.07, 6.45) is 7.60. The van der Waals surface area contributed by atoms with Gasteiger partial charge in [0.15, 0.2) is 5.78 Å². The van der Waals surface area contributed by atoms with E-state index in [2.05, 4.69) is 16.9 Å². The molecule has 1 fully saturated rings. The maximum absolute atomic E-state index is 13.2. The van der Waals surface area contributed by atoms with Crippen LogP contribution in [0.4, 0.5) is 11.5 Å². The van der Waals surface area contributed by atoms with Crippen LogP contribution >= 0.6 is 0 Å². The lowest BCUT2D eigenvalue weighted by atomic mass is 10.1. The largest absolute Gasteiger partial charge is 0.382 e. The number of aryl methyl sites for hydroxylation is 1. The number of hydrogen-bond acceptors (Lipinski definition) is 6. The Kier molecular flexibility index (Phi) is 5.75. The van der Waals surface area contributed by atoms with Gasteiger partial charge in [0.05, 0.1) is 6.04 Å². The number of Topliss-reactive ketones (excluding diaryl/α,β-unsaturated/α-hetero) is 1. The summed E-state index contributed by atoms with van der Waals surface area (Å²) in [6, 6.07) is 12.4. The van der Waals surface area contributed by atoms with Crippen molar-refractivity contribution in [1.82, 2.24) is 19.3 Å². The highest BCUT2D eigenvalue weighted by Gasteiger charge is 2.33. The Morgan fingerprint density at radius 1 is 1.16 bits per heavy atom. The molecular formula is C29H26N6O3. The summed E-state index contributed by atoms with van der Waals surface area (Å²) >= 11 is 0. The van der Waals surface area contributed by atoms with Gasteiger partial charge in [-0.15, -0.1) is 0 Å². The number of likely N-dealkylation sites (tertiary alicyclic amines) is 1. The van der Waals surface area contributed by atoms with Crippen molar-refractivity contribution in [2.24, 2.45) is 0 Å². The number of carbonyl (C=O) groups is 3. The molecule has 9 heteroatoms. The lowest BCUT2D eigenvalue weighted by Gasteiger charge is -2.22. The Balaban J connectivity index is 1.36. The molecule has 190 valence electrons. The minimum atomic E-state index is -0.300. The maximum Gasteiger partial charge on any atom is 0.255 e. The Morgan fingerprint density at radius 3 is 2.87 bits per heavy atom. The van der Waals surface area contributed by atoms with Gasteiger partial charge in [0.2, 0.25) is 5.91 Å². The summed E-state index contributed by atoms with van der Waals surface area (Å²) in [5.74, 6) is 0.653. The van der Waals surface area contributed by atoms with Crippen LogP contribution in [0.2, 0.25) is 0 Å². The fourth-order valence-corrected chi connectivity index (χ4v) is 5.47. The van der Waals surface area contributed by atoms with Gasteiger partial charge in [-0.2, -0.15) is 0 Å². The third-order valence-electron chi connectivity index (χ3n) is 7.31. The molecule has 2 aliphatic rings. The average Bonchev–Trinajstić information content (AvgIpc) is 3.66. The number of nitrogens with zero attached hydrogens (tertiary/aromatic N) is 4. The van der Waals surface area contributed by atoms with E-state index in [1.165, 1.54) is 6.08 Å². The van der Waals surface area contributed by atoms with Crippen molar-refractivity contribution >= 4 is 34.6 Å². The number of nitrogens with one attached hydrogen (secondary N) is 1. The standard InChI is InChI=1S/C29H26N6O3/c1-2-24(37)34-13-4-7-22(34)28-33-25(26-27(30)31-12-14-35(26)28)18-5-3-6-19(15-18)29(38)32-20-10-8-17-9-11-23(36)21(17)16-20/h2-3,5-6,8,10,12,14-16,22H,1,4,7,9,11,13H2,(H2,30,31)(H,32,38)/t22-/m0/s1. The number of anilines is 2. The highest BCUT2D eigenvalue weighted by atomic mass is 16.2. The van der Waals surface area contributed by atoms with Gasteiger partial charge in [0, 0.05) is 47.7 Å². The second-order valence-corrected chi connectivity index (χ2v) is 9.57. The number of ketones is 1. The zero-order valence-electron chi connectivity index (χ0n) is 20.7. The van der Waals surface area contributed by atoms with Crippen LogP contribution in [0.1, 0.15) is 57.4 Å². The van der Waals surface area contributed by atoms with Gasteiger partial charge >= 0.3 is 0 Å². The normalized spacial score (nSPS) is 16.6. The van der Waals surface area contributed by atoms with Crippen molar-refractivity contribution < 1.29 is 14.4 Å². The van der Waals surface area contributed by atoms with E-state index < -0.39 is 0 Å². The quantitative estimate of drug-likeness (QED) is 0.391. The summed E-state index contributed by atoms with van der Waals surface area (Å²) in [4.78, 5) is 48.8. The number of rotatable bonds is 5. The van der Waals surface area contributed by atoms with Crippen molar-refractivity contribution in [2.75, 3.05) is 17.6 Å². The maximum atomic E-state index is 13.2. The molecule has 3 N–H and O–H groups in total. The van der Waals surface area contributed by atoms with Gasteiger partial charge in [-0.25, -0.2) is 9.97 Å². The van der Waals surface area contributed by atoms with Crippen LogP contribution in [0.5, 0.6) is 0 Å². The summed E-state index contributed by atoms with van der Waals surface area (Å²) < 4.78 is 1.88. The van der Waals surface area contributed by atoms with E-state index in [1.54, 1.807) is 41.6 Å². The summed E-state index contributed by atoms with van der Waals surface area (Å²) in [6.45, 7) is 4.27. The molecule has 1 saturated heterocycles. The number of nitrogens with two attached hydrogens (primary N) is 1. The van der Waals surface area contributed by atoms with Crippen molar-refractivity contribution in [3.63, 3.8) is 0 Å². The number of hydrogen-bond donors (Lipinski definition) is 2. The van der Waals surface area contributed by atoms with E-state index in [0.717, 1.165) is 24.8 Å². The second-order valence-electron chi connectivity index (χ2n) is 9.57. The molecule has 0 radical (unpaired) electrons. The van der Waals surface area contributed by atoms with Gasteiger partial charge in [0.1, 0.15) is 22.9 Å². The van der Waals surface area contributed by atoms with E-state index in [0.29, 0.717) is 58.2 Å². The van der Waals surface area contributed by atoms with Crippen LogP contribution < -0.4 is 11.1 Å². The van der Waals surface area contributed by atoms with E-state index in [-0.39, 0.29) is 23.6 Å². The first-order valence-corrected chi connectivity index (χ1v) is 12.6. The molecule has 0 unspecified atom stereocenters. The molecule has 2 aromatic heterocycles. The average molecular weight is 507 g/mol. The smallest absolute Gasteiger partial charge is 0.255 e. The van der Waals surface area contributed by atoms with E-state index in [1.807, 2.05) is 22.6 Å². The molecule has 0 bridgehead atoms. The summed E-state index contributed by atoms with van der Waals surface area (Å²) in [5.41, 5.74) is 10.9. The number of imidazole rings is 1. The zero-order valence-corrected chi connectivity index (χ0v) is 20.7. The number of aromatic nitrogens is 3. The minimum Gasteiger partial charge on any atom is -0.382 e. The second kappa shape index (κ2) is 9.26. The molecule has 1 aliphatic carbocycles. The van der Waals surface area contributed by atoms with Crippen LogP contribution in [0, 0.1) is 0 Å². The molecule has 2 aromatic carbocycles. The Hall–Kier alpha value is -4.79. The Labute approximate surface area is 219 Å². The molecule has 1 atom stereocenters. The van der Waals surface area contributed by atoms with Crippen molar-refractivity contribution in [3.8, 4) is 11.3 Å². The first-order valence-electron chi connectivity index (χ1n) is 12.6. The van der Waals surface area contributed by atoms with Gasteiger partial charge in [-0.3, -0.25) is 18.8 Å². The number of nitrogen functional groups attached to an aromatic ring is 1. The third-order valence-corrected chi connectivity index (χ3v) is 7.31. The molecule has 2 amide bonds. The highest BCUT2D eigenvalue weighted by Crippen LogP contribution is 2.36. The van der Waals surface area contributed by atoms with Crippen LogP contribution in [0.15, 0.2) is 67.5 Å². The SMILES string of the molecule is C=CC(=O)N1CCC[C@H]1c1nc(-c2cccc(C(=O)Nc3ccc4c(c3)C(=O)CC4)c2)c2c(N)nccn12. The highest BCUT2D eigenvalue weighted by molar-refractivity contribution is 6.07.